The Morgan fingerprint density at radius 2 is 1.54 bits per heavy atom. The fourth-order valence-corrected chi connectivity index (χ4v) is 2.85. The summed E-state index contributed by atoms with van der Waals surface area (Å²) in [7, 11) is 1.65. The van der Waals surface area contributed by atoms with E-state index in [9.17, 15) is 0 Å². The summed E-state index contributed by atoms with van der Waals surface area (Å²) < 4.78 is 22.8. The summed E-state index contributed by atoms with van der Waals surface area (Å²) in [5, 5.41) is 0. The zero-order chi connectivity index (χ0) is 17.8. The van der Waals surface area contributed by atoms with Crippen LogP contribution in [0.3, 0.4) is 0 Å². The van der Waals surface area contributed by atoms with Gasteiger partial charge in [-0.05, 0) is 47.5 Å². The summed E-state index contributed by atoms with van der Waals surface area (Å²) >= 11 is 0. The van der Waals surface area contributed by atoms with Gasteiger partial charge in [-0.2, -0.15) is 0 Å². The molecule has 0 spiro atoms. The standard InChI is InChI=1S/C22H20O4/c1-23-18-10-12-19(13-11-18)24-14-16-6-8-17(9-7-16)22-15-25-20-4-2-3-5-21(20)26-22/h2-13,22H,14-15H2,1H3. The van der Waals surface area contributed by atoms with Gasteiger partial charge in [-0.1, -0.05) is 36.4 Å². The Morgan fingerprint density at radius 1 is 0.846 bits per heavy atom. The summed E-state index contributed by atoms with van der Waals surface area (Å²) in [6.45, 7) is 1.02. The van der Waals surface area contributed by atoms with Crippen LogP contribution < -0.4 is 18.9 Å². The second kappa shape index (κ2) is 7.40. The van der Waals surface area contributed by atoms with Gasteiger partial charge < -0.3 is 18.9 Å². The minimum Gasteiger partial charge on any atom is -0.497 e. The molecule has 0 saturated carbocycles. The van der Waals surface area contributed by atoms with Gasteiger partial charge in [0.2, 0.25) is 0 Å². The minimum atomic E-state index is -0.0959. The second-order valence-corrected chi connectivity index (χ2v) is 6.07. The monoisotopic (exact) mass is 348 g/mol. The summed E-state index contributed by atoms with van der Waals surface area (Å²) in [5.41, 5.74) is 2.19. The number of fused-ring (bicyclic) bond motifs is 1. The maximum atomic E-state index is 6.04. The summed E-state index contributed by atoms with van der Waals surface area (Å²) in [5.74, 6) is 3.22. The van der Waals surface area contributed by atoms with Gasteiger partial charge in [-0.3, -0.25) is 0 Å². The molecule has 4 rings (SSSR count). The summed E-state index contributed by atoms with van der Waals surface area (Å²) in [6.07, 6.45) is -0.0959. The van der Waals surface area contributed by atoms with Crippen LogP contribution in [0.4, 0.5) is 0 Å². The molecule has 1 aliphatic heterocycles. The number of ether oxygens (including phenoxy) is 4. The molecule has 3 aromatic rings. The molecule has 4 nitrogen and oxygen atoms in total. The summed E-state index contributed by atoms with van der Waals surface area (Å²) in [4.78, 5) is 0. The second-order valence-electron chi connectivity index (χ2n) is 6.07. The Balaban J connectivity index is 1.37. The third kappa shape index (κ3) is 3.59. The zero-order valence-corrected chi connectivity index (χ0v) is 14.6. The predicted molar refractivity (Wildman–Crippen MR) is 99.1 cm³/mol. The minimum absolute atomic E-state index is 0.0959. The lowest BCUT2D eigenvalue weighted by Gasteiger charge is -2.26. The maximum Gasteiger partial charge on any atom is 0.162 e. The van der Waals surface area contributed by atoms with Crippen molar-refractivity contribution in [3.05, 3.63) is 83.9 Å². The van der Waals surface area contributed by atoms with E-state index >= 15 is 0 Å². The van der Waals surface area contributed by atoms with E-state index in [-0.39, 0.29) is 6.10 Å². The average Bonchev–Trinajstić information content (AvgIpc) is 2.72. The van der Waals surface area contributed by atoms with Crippen molar-refractivity contribution in [2.45, 2.75) is 12.7 Å². The highest BCUT2D eigenvalue weighted by molar-refractivity contribution is 5.41. The first-order valence-corrected chi connectivity index (χ1v) is 8.56. The molecule has 0 bridgehead atoms. The number of methoxy groups -OCH3 is 1. The van der Waals surface area contributed by atoms with Crippen LogP contribution in [0.15, 0.2) is 72.8 Å². The van der Waals surface area contributed by atoms with Gasteiger partial charge in [-0.25, -0.2) is 0 Å². The third-order valence-corrected chi connectivity index (χ3v) is 4.33. The Labute approximate surface area is 152 Å². The van der Waals surface area contributed by atoms with Gasteiger partial charge in [0.05, 0.1) is 7.11 Å². The van der Waals surface area contributed by atoms with Gasteiger partial charge in [0, 0.05) is 0 Å². The molecule has 3 aromatic carbocycles. The SMILES string of the molecule is COc1ccc(OCc2ccc(C3COc4ccccc4O3)cc2)cc1. The fraction of sp³-hybridized carbons (Fsp3) is 0.182. The molecule has 0 aliphatic carbocycles. The molecule has 26 heavy (non-hydrogen) atoms. The molecular formula is C22H20O4. The van der Waals surface area contributed by atoms with E-state index in [4.69, 9.17) is 18.9 Å². The van der Waals surface area contributed by atoms with Gasteiger partial charge in [0.1, 0.15) is 24.7 Å². The van der Waals surface area contributed by atoms with Crippen molar-refractivity contribution in [3.63, 3.8) is 0 Å². The van der Waals surface area contributed by atoms with Crippen molar-refractivity contribution < 1.29 is 18.9 Å². The third-order valence-electron chi connectivity index (χ3n) is 4.33. The van der Waals surface area contributed by atoms with E-state index in [1.807, 2.05) is 48.5 Å². The fourth-order valence-electron chi connectivity index (χ4n) is 2.85. The van der Waals surface area contributed by atoms with Crippen LogP contribution >= 0.6 is 0 Å². The topological polar surface area (TPSA) is 36.9 Å². The van der Waals surface area contributed by atoms with Crippen LogP contribution in [0, 0.1) is 0 Å². The van der Waals surface area contributed by atoms with Gasteiger partial charge in [0.15, 0.2) is 17.6 Å². The number of para-hydroxylation sites is 2. The molecule has 0 amide bonds. The largest absolute Gasteiger partial charge is 0.497 e. The lowest BCUT2D eigenvalue weighted by Crippen LogP contribution is -2.21. The Hall–Kier alpha value is -3.14. The average molecular weight is 348 g/mol. The van der Waals surface area contributed by atoms with E-state index in [2.05, 4.69) is 24.3 Å². The van der Waals surface area contributed by atoms with Crippen molar-refractivity contribution in [1.29, 1.82) is 0 Å². The Morgan fingerprint density at radius 3 is 2.27 bits per heavy atom. The summed E-state index contributed by atoms with van der Waals surface area (Å²) in [6, 6.07) is 23.6. The number of hydrogen-bond donors (Lipinski definition) is 0. The lowest BCUT2D eigenvalue weighted by atomic mass is 10.1. The van der Waals surface area contributed by atoms with Crippen molar-refractivity contribution in [3.8, 4) is 23.0 Å². The predicted octanol–water partition coefficient (Wildman–Crippen LogP) is 4.79. The van der Waals surface area contributed by atoms with Crippen LogP contribution in [0.5, 0.6) is 23.0 Å². The highest BCUT2D eigenvalue weighted by Crippen LogP contribution is 2.35. The van der Waals surface area contributed by atoms with E-state index in [0.29, 0.717) is 13.2 Å². The Kier molecular flexibility index (Phi) is 4.65. The molecule has 0 aromatic heterocycles. The number of benzene rings is 3. The quantitative estimate of drug-likeness (QED) is 0.664. The maximum absolute atomic E-state index is 6.04. The first-order valence-electron chi connectivity index (χ1n) is 8.56. The van der Waals surface area contributed by atoms with E-state index in [0.717, 1.165) is 34.1 Å². The van der Waals surface area contributed by atoms with Gasteiger partial charge in [-0.15, -0.1) is 0 Å². The van der Waals surface area contributed by atoms with E-state index in [1.165, 1.54) is 0 Å². The normalized spacial score (nSPS) is 15.3. The molecule has 0 radical (unpaired) electrons. The molecule has 0 saturated heterocycles. The van der Waals surface area contributed by atoms with Gasteiger partial charge in [0.25, 0.3) is 0 Å². The van der Waals surface area contributed by atoms with Gasteiger partial charge >= 0.3 is 0 Å². The van der Waals surface area contributed by atoms with E-state index < -0.39 is 0 Å². The highest BCUT2D eigenvalue weighted by atomic mass is 16.6. The molecule has 1 atom stereocenters. The molecule has 4 heteroatoms. The smallest absolute Gasteiger partial charge is 0.162 e. The van der Waals surface area contributed by atoms with Crippen molar-refractivity contribution in [2.75, 3.05) is 13.7 Å². The van der Waals surface area contributed by atoms with E-state index in [1.54, 1.807) is 7.11 Å². The zero-order valence-electron chi connectivity index (χ0n) is 14.6. The molecular weight excluding hydrogens is 328 g/mol. The van der Waals surface area contributed by atoms with Crippen molar-refractivity contribution >= 4 is 0 Å². The molecule has 132 valence electrons. The number of rotatable bonds is 5. The molecule has 1 aliphatic rings. The van der Waals surface area contributed by atoms with Crippen LogP contribution in [-0.2, 0) is 6.61 Å². The molecule has 1 heterocycles. The molecule has 1 unspecified atom stereocenters. The van der Waals surface area contributed by atoms with Crippen LogP contribution in [-0.4, -0.2) is 13.7 Å². The Bertz CT molecular complexity index is 856. The molecule has 0 N–H and O–H groups in total. The first kappa shape index (κ1) is 16.3. The first-order chi connectivity index (χ1) is 12.8. The van der Waals surface area contributed by atoms with Crippen LogP contribution in [0.25, 0.3) is 0 Å². The lowest BCUT2D eigenvalue weighted by molar-refractivity contribution is 0.0913. The molecule has 0 fully saturated rings. The van der Waals surface area contributed by atoms with Crippen LogP contribution in [0.2, 0.25) is 0 Å². The van der Waals surface area contributed by atoms with Crippen molar-refractivity contribution in [2.24, 2.45) is 0 Å². The van der Waals surface area contributed by atoms with Crippen LogP contribution in [0.1, 0.15) is 17.2 Å². The van der Waals surface area contributed by atoms with Crippen molar-refractivity contribution in [1.82, 2.24) is 0 Å². The number of hydrogen-bond acceptors (Lipinski definition) is 4. The highest BCUT2D eigenvalue weighted by Gasteiger charge is 2.21.